The van der Waals surface area contributed by atoms with Gasteiger partial charge in [-0.2, -0.15) is 0 Å². The number of halogens is 1. The summed E-state index contributed by atoms with van der Waals surface area (Å²) in [6.07, 6.45) is 7.94. The summed E-state index contributed by atoms with van der Waals surface area (Å²) in [5.74, 6) is 0.401. The molecule has 120 valence electrons. The van der Waals surface area contributed by atoms with Crippen LogP contribution in [-0.2, 0) is 6.54 Å². The van der Waals surface area contributed by atoms with Gasteiger partial charge >= 0.3 is 0 Å². The van der Waals surface area contributed by atoms with Crippen molar-refractivity contribution in [2.75, 3.05) is 5.32 Å². The van der Waals surface area contributed by atoms with Crippen LogP contribution in [0.15, 0.2) is 36.7 Å². The van der Waals surface area contributed by atoms with Crippen molar-refractivity contribution in [3.63, 3.8) is 0 Å². The number of hydrogen-bond donors (Lipinski definition) is 2. The van der Waals surface area contributed by atoms with Crippen molar-refractivity contribution < 1.29 is 4.79 Å². The molecule has 0 aliphatic heterocycles. The Morgan fingerprint density at radius 1 is 1.13 bits per heavy atom. The van der Waals surface area contributed by atoms with Crippen LogP contribution >= 0.6 is 11.6 Å². The highest BCUT2D eigenvalue weighted by Gasteiger charge is 2.15. The van der Waals surface area contributed by atoms with E-state index in [0.29, 0.717) is 29.1 Å². The molecule has 0 atom stereocenters. The summed E-state index contributed by atoms with van der Waals surface area (Å²) < 4.78 is 0. The maximum Gasteiger partial charge on any atom is 0.254 e. The molecule has 2 aromatic rings. The van der Waals surface area contributed by atoms with E-state index < -0.39 is 0 Å². The van der Waals surface area contributed by atoms with E-state index in [1.807, 2.05) is 12.1 Å². The van der Waals surface area contributed by atoms with Crippen LogP contribution in [0.4, 0.5) is 5.95 Å². The lowest BCUT2D eigenvalue weighted by Gasteiger charge is -2.11. The second kappa shape index (κ2) is 7.42. The van der Waals surface area contributed by atoms with Gasteiger partial charge in [-0.15, -0.1) is 0 Å². The van der Waals surface area contributed by atoms with E-state index in [1.54, 1.807) is 24.5 Å². The Morgan fingerprint density at radius 3 is 2.43 bits per heavy atom. The molecule has 0 spiro atoms. The van der Waals surface area contributed by atoms with Gasteiger partial charge in [0.25, 0.3) is 5.91 Å². The zero-order valence-electron chi connectivity index (χ0n) is 12.8. The lowest BCUT2D eigenvalue weighted by atomic mass is 10.2. The quantitative estimate of drug-likeness (QED) is 0.881. The van der Waals surface area contributed by atoms with Gasteiger partial charge in [-0.05, 0) is 30.5 Å². The molecule has 0 radical (unpaired) electrons. The zero-order valence-corrected chi connectivity index (χ0v) is 13.5. The summed E-state index contributed by atoms with van der Waals surface area (Å²) in [4.78, 5) is 20.6. The van der Waals surface area contributed by atoms with Crippen molar-refractivity contribution in [3.8, 4) is 0 Å². The smallest absolute Gasteiger partial charge is 0.254 e. The Hall–Kier alpha value is -2.14. The first kappa shape index (κ1) is 15.7. The molecule has 0 bridgehead atoms. The molecular formula is C17H19ClN4O. The third kappa shape index (κ3) is 4.42. The molecule has 1 aliphatic rings. The van der Waals surface area contributed by atoms with Gasteiger partial charge in [0.05, 0.1) is 5.56 Å². The van der Waals surface area contributed by atoms with Crippen molar-refractivity contribution in [1.29, 1.82) is 0 Å². The van der Waals surface area contributed by atoms with E-state index in [9.17, 15) is 4.79 Å². The maximum absolute atomic E-state index is 12.1. The SMILES string of the molecule is O=C(NCc1ccc(Cl)cc1)c1cnc(NC2CCCC2)nc1. The number of carbonyl (C=O) groups excluding carboxylic acids is 1. The number of carbonyl (C=O) groups is 1. The van der Waals surface area contributed by atoms with Gasteiger partial charge in [-0.25, -0.2) is 9.97 Å². The van der Waals surface area contributed by atoms with E-state index in [4.69, 9.17) is 11.6 Å². The second-order valence-electron chi connectivity index (χ2n) is 5.73. The molecule has 0 saturated heterocycles. The van der Waals surface area contributed by atoms with Gasteiger partial charge in [0.1, 0.15) is 0 Å². The van der Waals surface area contributed by atoms with Crippen molar-refractivity contribution in [2.24, 2.45) is 0 Å². The normalized spacial score (nSPS) is 14.7. The largest absolute Gasteiger partial charge is 0.351 e. The maximum atomic E-state index is 12.1. The molecule has 1 aromatic carbocycles. The lowest BCUT2D eigenvalue weighted by Crippen LogP contribution is -2.23. The topological polar surface area (TPSA) is 66.9 Å². The van der Waals surface area contributed by atoms with Gasteiger partial charge in [-0.3, -0.25) is 4.79 Å². The Bertz CT molecular complexity index is 651. The highest BCUT2D eigenvalue weighted by atomic mass is 35.5. The predicted molar refractivity (Wildman–Crippen MR) is 90.5 cm³/mol. The van der Waals surface area contributed by atoms with Crippen molar-refractivity contribution in [1.82, 2.24) is 15.3 Å². The Balaban J connectivity index is 1.53. The summed E-state index contributed by atoms with van der Waals surface area (Å²) in [5, 5.41) is 6.83. The predicted octanol–water partition coefficient (Wildman–Crippen LogP) is 3.41. The Kier molecular flexibility index (Phi) is 5.08. The summed E-state index contributed by atoms with van der Waals surface area (Å²) in [6, 6.07) is 7.83. The average Bonchev–Trinajstić information content (AvgIpc) is 3.08. The number of aromatic nitrogens is 2. The monoisotopic (exact) mass is 330 g/mol. The van der Waals surface area contributed by atoms with E-state index in [2.05, 4.69) is 20.6 Å². The van der Waals surface area contributed by atoms with E-state index >= 15 is 0 Å². The van der Waals surface area contributed by atoms with E-state index in [-0.39, 0.29) is 5.91 Å². The van der Waals surface area contributed by atoms with Crippen LogP contribution < -0.4 is 10.6 Å². The molecule has 1 aliphatic carbocycles. The molecule has 1 aromatic heterocycles. The molecule has 3 rings (SSSR count). The van der Waals surface area contributed by atoms with Gasteiger partial charge in [0.15, 0.2) is 0 Å². The summed E-state index contributed by atoms with van der Waals surface area (Å²) >= 11 is 5.84. The van der Waals surface area contributed by atoms with Crippen LogP contribution in [0.5, 0.6) is 0 Å². The van der Waals surface area contributed by atoms with E-state index in [0.717, 1.165) is 18.4 Å². The fraction of sp³-hybridized carbons (Fsp3) is 0.353. The average molecular weight is 331 g/mol. The number of nitrogens with one attached hydrogen (secondary N) is 2. The fourth-order valence-electron chi connectivity index (χ4n) is 2.66. The third-order valence-electron chi connectivity index (χ3n) is 3.97. The van der Waals surface area contributed by atoms with Gasteiger partial charge in [-0.1, -0.05) is 36.6 Å². The van der Waals surface area contributed by atoms with Crippen LogP contribution in [0.3, 0.4) is 0 Å². The molecule has 5 nitrogen and oxygen atoms in total. The lowest BCUT2D eigenvalue weighted by molar-refractivity contribution is 0.0950. The molecule has 1 amide bonds. The Labute approximate surface area is 140 Å². The molecule has 6 heteroatoms. The molecule has 2 N–H and O–H groups in total. The van der Waals surface area contributed by atoms with Crippen molar-refractivity contribution in [2.45, 2.75) is 38.3 Å². The fourth-order valence-corrected chi connectivity index (χ4v) is 2.79. The molecular weight excluding hydrogens is 312 g/mol. The van der Waals surface area contributed by atoms with Crippen LogP contribution in [0, 0.1) is 0 Å². The minimum atomic E-state index is -0.188. The number of benzene rings is 1. The van der Waals surface area contributed by atoms with Gasteiger partial charge < -0.3 is 10.6 Å². The number of hydrogen-bond acceptors (Lipinski definition) is 4. The second-order valence-corrected chi connectivity index (χ2v) is 6.17. The summed E-state index contributed by atoms with van der Waals surface area (Å²) in [7, 11) is 0. The number of rotatable bonds is 5. The first-order valence-electron chi connectivity index (χ1n) is 7.82. The number of nitrogens with zero attached hydrogens (tertiary/aromatic N) is 2. The molecule has 0 unspecified atom stereocenters. The Morgan fingerprint density at radius 2 is 1.78 bits per heavy atom. The molecule has 1 saturated carbocycles. The molecule has 1 heterocycles. The highest BCUT2D eigenvalue weighted by Crippen LogP contribution is 2.20. The van der Waals surface area contributed by atoms with Gasteiger partial charge in [0.2, 0.25) is 5.95 Å². The minimum absolute atomic E-state index is 0.188. The first-order chi connectivity index (χ1) is 11.2. The van der Waals surface area contributed by atoms with Crippen LogP contribution in [0.25, 0.3) is 0 Å². The number of amides is 1. The zero-order chi connectivity index (χ0) is 16.1. The molecule has 23 heavy (non-hydrogen) atoms. The van der Waals surface area contributed by atoms with Crippen LogP contribution in [0.1, 0.15) is 41.6 Å². The summed E-state index contributed by atoms with van der Waals surface area (Å²) in [5.41, 5.74) is 1.44. The third-order valence-corrected chi connectivity index (χ3v) is 4.22. The van der Waals surface area contributed by atoms with Crippen LogP contribution in [-0.4, -0.2) is 21.9 Å². The minimum Gasteiger partial charge on any atom is -0.351 e. The van der Waals surface area contributed by atoms with Crippen molar-refractivity contribution >= 4 is 23.5 Å². The number of anilines is 1. The molecule has 1 fully saturated rings. The highest BCUT2D eigenvalue weighted by molar-refractivity contribution is 6.30. The van der Waals surface area contributed by atoms with E-state index in [1.165, 1.54) is 12.8 Å². The first-order valence-corrected chi connectivity index (χ1v) is 8.20. The van der Waals surface area contributed by atoms with Crippen molar-refractivity contribution in [3.05, 3.63) is 52.8 Å². The standard InChI is InChI=1S/C17H19ClN4O/c18-14-7-5-12(6-8-14)9-19-16(23)13-10-20-17(21-11-13)22-15-3-1-2-4-15/h5-8,10-11,15H,1-4,9H2,(H,19,23)(H,20,21,22). The van der Waals surface area contributed by atoms with Crippen LogP contribution in [0.2, 0.25) is 5.02 Å². The van der Waals surface area contributed by atoms with Gasteiger partial charge in [0, 0.05) is 30.0 Å². The summed E-state index contributed by atoms with van der Waals surface area (Å²) in [6.45, 7) is 0.443.